The Balaban J connectivity index is 1.83. The van der Waals surface area contributed by atoms with Crippen molar-refractivity contribution in [1.82, 2.24) is 20.4 Å². The summed E-state index contributed by atoms with van der Waals surface area (Å²) in [4.78, 5) is 13.9. The first-order valence-electron chi connectivity index (χ1n) is 6.98. The summed E-state index contributed by atoms with van der Waals surface area (Å²) < 4.78 is 0. The summed E-state index contributed by atoms with van der Waals surface area (Å²) in [6.07, 6.45) is 5.78. The van der Waals surface area contributed by atoms with E-state index < -0.39 is 0 Å². The van der Waals surface area contributed by atoms with Crippen molar-refractivity contribution in [3.63, 3.8) is 0 Å². The lowest BCUT2D eigenvalue weighted by molar-refractivity contribution is -0.121. The van der Waals surface area contributed by atoms with Crippen LogP contribution in [0.4, 0.5) is 0 Å². The molecule has 0 aliphatic carbocycles. The van der Waals surface area contributed by atoms with Gasteiger partial charge in [0.05, 0.1) is 0 Å². The number of nitrogens with two attached hydrogens (primary N) is 1. The molecule has 1 aliphatic heterocycles. The van der Waals surface area contributed by atoms with E-state index in [0.717, 1.165) is 25.2 Å². The molecule has 1 aromatic heterocycles. The van der Waals surface area contributed by atoms with Crippen LogP contribution in [0.25, 0.3) is 0 Å². The van der Waals surface area contributed by atoms with E-state index in [-0.39, 0.29) is 5.91 Å². The van der Waals surface area contributed by atoms with Crippen LogP contribution in [0.3, 0.4) is 0 Å². The van der Waals surface area contributed by atoms with Crippen LogP contribution in [0, 0.1) is 0 Å². The van der Waals surface area contributed by atoms with Crippen molar-refractivity contribution in [3.8, 4) is 0 Å². The molecule has 6 heteroatoms. The normalized spacial score (nSPS) is 20.4. The number of hydrogen-bond donors (Lipinski definition) is 3. The highest BCUT2D eigenvalue weighted by Gasteiger charge is 2.23. The third-order valence-electron chi connectivity index (χ3n) is 3.59. The van der Waals surface area contributed by atoms with Gasteiger partial charge in [-0.2, -0.15) is 5.10 Å². The first kappa shape index (κ1) is 14.0. The van der Waals surface area contributed by atoms with E-state index in [4.69, 9.17) is 5.73 Å². The molecule has 0 spiro atoms. The highest BCUT2D eigenvalue weighted by Crippen LogP contribution is 2.18. The molecule has 2 rings (SSSR count). The minimum atomic E-state index is 0.0505. The lowest BCUT2D eigenvalue weighted by Crippen LogP contribution is -2.46. The van der Waals surface area contributed by atoms with Gasteiger partial charge in [0.15, 0.2) is 0 Å². The van der Waals surface area contributed by atoms with Crippen molar-refractivity contribution in [2.75, 3.05) is 19.6 Å². The van der Waals surface area contributed by atoms with E-state index >= 15 is 0 Å². The van der Waals surface area contributed by atoms with Gasteiger partial charge in [-0.1, -0.05) is 6.42 Å². The second-order valence-corrected chi connectivity index (χ2v) is 5.04. The molecule has 0 bridgehead atoms. The maximum atomic E-state index is 11.5. The number of rotatable bonds is 6. The van der Waals surface area contributed by atoms with Crippen LogP contribution in [-0.2, 0) is 11.3 Å². The summed E-state index contributed by atoms with van der Waals surface area (Å²) in [7, 11) is 0. The Morgan fingerprint density at radius 1 is 1.58 bits per heavy atom. The van der Waals surface area contributed by atoms with Crippen molar-refractivity contribution < 1.29 is 4.79 Å². The molecule has 1 aromatic rings. The molecule has 1 saturated heterocycles. The van der Waals surface area contributed by atoms with Crippen molar-refractivity contribution >= 4 is 5.91 Å². The lowest BCUT2D eigenvalue weighted by Gasteiger charge is -2.35. The lowest BCUT2D eigenvalue weighted by atomic mass is 10.0. The minimum Gasteiger partial charge on any atom is -0.354 e. The maximum absolute atomic E-state index is 11.5. The third-order valence-corrected chi connectivity index (χ3v) is 3.59. The van der Waals surface area contributed by atoms with E-state index in [2.05, 4.69) is 20.4 Å². The SMILES string of the molecule is NCCC(=O)NC[C@@H]1CCCCN1Cc1ccn[nH]1. The summed E-state index contributed by atoms with van der Waals surface area (Å²) in [6.45, 7) is 3.08. The molecule has 0 aromatic carbocycles. The molecule has 1 fully saturated rings. The smallest absolute Gasteiger partial charge is 0.221 e. The number of likely N-dealkylation sites (tertiary alicyclic amines) is 1. The number of aromatic amines is 1. The zero-order valence-electron chi connectivity index (χ0n) is 11.3. The van der Waals surface area contributed by atoms with Crippen LogP contribution in [-0.4, -0.2) is 46.7 Å². The Morgan fingerprint density at radius 2 is 2.47 bits per heavy atom. The van der Waals surface area contributed by atoms with Gasteiger partial charge in [0.2, 0.25) is 5.91 Å². The van der Waals surface area contributed by atoms with Crippen molar-refractivity contribution in [2.45, 2.75) is 38.3 Å². The Morgan fingerprint density at radius 3 is 3.21 bits per heavy atom. The van der Waals surface area contributed by atoms with Gasteiger partial charge in [0, 0.05) is 44.0 Å². The van der Waals surface area contributed by atoms with Gasteiger partial charge in [-0.05, 0) is 25.5 Å². The number of nitrogens with one attached hydrogen (secondary N) is 2. The molecule has 1 aliphatic rings. The monoisotopic (exact) mass is 265 g/mol. The quantitative estimate of drug-likeness (QED) is 0.687. The van der Waals surface area contributed by atoms with E-state index in [0.29, 0.717) is 25.6 Å². The van der Waals surface area contributed by atoms with Crippen LogP contribution >= 0.6 is 0 Å². The predicted molar refractivity (Wildman–Crippen MR) is 73.3 cm³/mol. The van der Waals surface area contributed by atoms with Crippen LogP contribution in [0.15, 0.2) is 12.3 Å². The average Bonchev–Trinajstić information content (AvgIpc) is 2.91. The number of nitrogens with zero attached hydrogens (tertiary/aromatic N) is 2. The first-order chi connectivity index (χ1) is 9.29. The topological polar surface area (TPSA) is 87.0 Å². The summed E-state index contributed by atoms with van der Waals surface area (Å²) in [5.41, 5.74) is 6.50. The molecule has 1 amide bonds. The Labute approximate surface area is 113 Å². The van der Waals surface area contributed by atoms with Gasteiger partial charge in [0.1, 0.15) is 0 Å². The molecule has 0 saturated carbocycles. The second-order valence-electron chi connectivity index (χ2n) is 5.04. The average molecular weight is 265 g/mol. The van der Waals surface area contributed by atoms with Crippen LogP contribution in [0.5, 0.6) is 0 Å². The molecule has 2 heterocycles. The molecular formula is C13H23N5O. The number of carbonyl (C=O) groups excluding carboxylic acids is 1. The highest BCUT2D eigenvalue weighted by atomic mass is 16.1. The number of hydrogen-bond acceptors (Lipinski definition) is 4. The van der Waals surface area contributed by atoms with Gasteiger partial charge in [-0.15, -0.1) is 0 Å². The second kappa shape index (κ2) is 7.25. The summed E-state index contributed by atoms with van der Waals surface area (Å²) in [5.74, 6) is 0.0505. The van der Waals surface area contributed by atoms with Gasteiger partial charge in [-0.3, -0.25) is 14.8 Å². The molecule has 6 nitrogen and oxygen atoms in total. The predicted octanol–water partition coefficient (Wildman–Crippen LogP) is 0.229. The molecular weight excluding hydrogens is 242 g/mol. The van der Waals surface area contributed by atoms with Crippen molar-refractivity contribution in [3.05, 3.63) is 18.0 Å². The largest absolute Gasteiger partial charge is 0.354 e. The van der Waals surface area contributed by atoms with Crippen molar-refractivity contribution in [2.24, 2.45) is 5.73 Å². The number of amides is 1. The van der Waals surface area contributed by atoms with Crippen molar-refractivity contribution in [1.29, 1.82) is 0 Å². The van der Waals surface area contributed by atoms with E-state index in [1.807, 2.05) is 6.07 Å². The minimum absolute atomic E-state index is 0.0505. The maximum Gasteiger partial charge on any atom is 0.221 e. The third kappa shape index (κ3) is 4.33. The van der Waals surface area contributed by atoms with Gasteiger partial charge in [-0.25, -0.2) is 0 Å². The fourth-order valence-electron chi connectivity index (χ4n) is 2.54. The van der Waals surface area contributed by atoms with Crippen LogP contribution in [0.2, 0.25) is 0 Å². The number of carbonyl (C=O) groups is 1. The van der Waals surface area contributed by atoms with Gasteiger partial charge < -0.3 is 11.1 Å². The Hall–Kier alpha value is -1.40. The Kier molecular flexibility index (Phi) is 5.35. The fourth-order valence-corrected chi connectivity index (χ4v) is 2.54. The van der Waals surface area contributed by atoms with E-state index in [9.17, 15) is 4.79 Å². The summed E-state index contributed by atoms with van der Waals surface area (Å²) in [6, 6.07) is 2.41. The zero-order chi connectivity index (χ0) is 13.5. The standard InChI is InChI=1S/C13H23N5O/c14-6-4-13(19)15-9-12-3-1-2-8-18(12)10-11-5-7-16-17-11/h5,7,12H,1-4,6,8-10,14H2,(H,15,19)(H,16,17)/t12-/m0/s1. The first-order valence-corrected chi connectivity index (χ1v) is 6.98. The number of H-pyrrole nitrogens is 1. The summed E-state index contributed by atoms with van der Waals surface area (Å²) in [5, 5.41) is 9.95. The molecule has 0 radical (unpaired) electrons. The molecule has 1 atom stereocenters. The van der Waals surface area contributed by atoms with Gasteiger partial charge >= 0.3 is 0 Å². The number of aromatic nitrogens is 2. The molecule has 19 heavy (non-hydrogen) atoms. The van der Waals surface area contributed by atoms with Crippen LogP contribution < -0.4 is 11.1 Å². The fraction of sp³-hybridized carbons (Fsp3) is 0.692. The van der Waals surface area contributed by atoms with Gasteiger partial charge in [0.25, 0.3) is 0 Å². The van der Waals surface area contributed by atoms with E-state index in [1.54, 1.807) is 6.20 Å². The Bertz CT molecular complexity index is 378. The highest BCUT2D eigenvalue weighted by molar-refractivity contribution is 5.76. The van der Waals surface area contributed by atoms with Crippen LogP contribution in [0.1, 0.15) is 31.4 Å². The molecule has 0 unspecified atom stereocenters. The summed E-state index contributed by atoms with van der Waals surface area (Å²) >= 11 is 0. The zero-order valence-corrected chi connectivity index (χ0v) is 11.3. The molecule has 106 valence electrons. The molecule has 4 N–H and O–H groups in total. The number of piperidine rings is 1. The van der Waals surface area contributed by atoms with E-state index in [1.165, 1.54) is 12.8 Å².